The molecule has 3 aromatic rings. The number of pyridine rings is 1. The van der Waals surface area contributed by atoms with E-state index < -0.39 is 5.82 Å². The van der Waals surface area contributed by atoms with Crippen LogP contribution in [0.2, 0.25) is 0 Å². The minimum absolute atomic E-state index is 0.0744. The van der Waals surface area contributed by atoms with Gasteiger partial charge in [-0.2, -0.15) is 0 Å². The minimum Gasteiger partial charge on any atom is -0.453 e. The second kappa shape index (κ2) is 5.68. The second-order valence-electron chi connectivity index (χ2n) is 5.51. The lowest BCUT2D eigenvalue weighted by Crippen LogP contribution is -2.22. The average molecular weight is 342 g/mol. The van der Waals surface area contributed by atoms with Crippen LogP contribution in [0.5, 0.6) is 11.5 Å². The fourth-order valence-electron chi connectivity index (χ4n) is 2.60. The van der Waals surface area contributed by atoms with Crippen molar-refractivity contribution in [2.75, 3.05) is 12.8 Å². The first-order valence-electron chi connectivity index (χ1n) is 7.38. The first-order valence-corrected chi connectivity index (χ1v) is 8.19. The molecule has 1 aliphatic heterocycles. The molecule has 1 aromatic carbocycles. The number of anilines is 1. The van der Waals surface area contributed by atoms with Gasteiger partial charge in [-0.3, -0.25) is 4.98 Å². The van der Waals surface area contributed by atoms with Gasteiger partial charge in [0, 0.05) is 43.5 Å². The molecule has 4 rings (SSSR count). The van der Waals surface area contributed by atoms with Gasteiger partial charge in [0.25, 0.3) is 0 Å². The van der Waals surface area contributed by atoms with Crippen molar-refractivity contribution in [3.8, 4) is 11.5 Å². The van der Waals surface area contributed by atoms with E-state index in [2.05, 4.69) is 15.2 Å². The van der Waals surface area contributed by atoms with Crippen molar-refractivity contribution >= 4 is 27.2 Å². The Hall–Kier alpha value is -2.80. The Morgan fingerprint density at radius 2 is 2.17 bits per heavy atom. The van der Waals surface area contributed by atoms with E-state index in [1.165, 1.54) is 12.1 Å². The zero-order valence-electron chi connectivity index (χ0n) is 12.9. The topological polar surface area (TPSA) is 63.4 Å². The standard InChI is InChI=1S/C17H15FN4OS/c1-22-7-6-21-17(22)15-9-12-16(24-15)14(4-5-20-12)23-13-3-2-10(19)8-11(13)18/h2-9,17,21H,19H2,1H3. The fourth-order valence-corrected chi connectivity index (χ4v) is 3.78. The van der Waals surface area contributed by atoms with Crippen molar-refractivity contribution in [3.05, 3.63) is 59.6 Å². The molecule has 0 bridgehead atoms. The summed E-state index contributed by atoms with van der Waals surface area (Å²) in [5.41, 5.74) is 6.76. The van der Waals surface area contributed by atoms with Crippen LogP contribution in [-0.4, -0.2) is 16.9 Å². The Labute approximate surface area is 142 Å². The van der Waals surface area contributed by atoms with Crippen molar-refractivity contribution < 1.29 is 9.13 Å². The summed E-state index contributed by atoms with van der Waals surface area (Å²) < 4.78 is 20.6. The summed E-state index contributed by atoms with van der Waals surface area (Å²) in [6.07, 6.45) is 5.62. The van der Waals surface area contributed by atoms with Crippen molar-refractivity contribution in [1.29, 1.82) is 0 Å². The van der Waals surface area contributed by atoms with Crippen molar-refractivity contribution in [3.63, 3.8) is 0 Å². The largest absolute Gasteiger partial charge is 0.453 e. The number of nitrogens with one attached hydrogen (secondary N) is 1. The second-order valence-corrected chi connectivity index (χ2v) is 6.60. The summed E-state index contributed by atoms with van der Waals surface area (Å²) in [7, 11) is 2.00. The molecule has 1 aliphatic rings. The molecule has 3 heterocycles. The molecule has 0 saturated carbocycles. The zero-order chi connectivity index (χ0) is 16.7. The number of ether oxygens (including phenoxy) is 1. The molecule has 1 unspecified atom stereocenters. The monoisotopic (exact) mass is 342 g/mol. The number of nitrogens with two attached hydrogens (primary N) is 1. The summed E-state index contributed by atoms with van der Waals surface area (Å²) in [4.78, 5) is 7.57. The van der Waals surface area contributed by atoms with Crippen LogP contribution in [0.4, 0.5) is 10.1 Å². The number of nitrogen functional groups attached to an aromatic ring is 1. The highest BCUT2D eigenvalue weighted by molar-refractivity contribution is 7.19. The van der Waals surface area contributed by atoms with Crippen LogP contribution in [0.3, 0.4) is 0 Å². The molecular formula is C17H15FN4OS. The molecule has 1 atom stereocenters. The highest BCUT2D eigenvalue weighted by Gasteiger charge is 2.21. The van der Waals surface area contributed by atoms with E-state index in [0.717, 1.165) is 15.1 Å². The van der Waals surface area contributed by atoms with Crippen LogP contribution in [0.1, 0.15) is 11.0 Å². The summed E-state index contributed by atoms with van der Waals surface area (Å²) in [5.74, 6) is 0.232. The van der Waals surface area contributed by atoms with Gasteiger partial charge in [-0.25, -0.2) is 4.39 Å². The number of halogens is 1. The maximum atomic E-state index is 14.0. The van der Waals surface area contributed by atoms with E-state index in [0.29, 0.717) is 11.4 Å². The molecule has 0 aliphatic carbocycles. The molecule has 3 N–H and O–H groups in total. The van der Waals surface area contributed by atoms with Crippen molar-refractivity contribution in [2.24, 2.45) is 0 Å². The summed E-state index contributed by atoms with van der Waals surface area (Å²) in [6.45, 7) is 0. The predicted molar refractivity (Wildman–Crippen MR) is 93.3 cm³/mol. The summed E-state index contributed by atoms with van der Waals surface area (Å²) >= 11 is 1.57. The van der Waals surface area contributed by atoms with Crippen LogP contribution in [0, 0.1) is 5.82 Å². The van der Waals surface area contributed by atoms with Gasteiger partial charge in [0.05, 0.1) is 15.1 Å². The molecule has 2 aromatic heterocycles. The minimum atomic E-state index is -0.488. The number of aromatic nitrogens is 1. The fraction of sp³-hybridized carbons (Fsp3) is 0.118. The van der Waals surface area contributed by atoms with Gasteiger partial charge >= 0.3 is 0 Å². The highest BCUT2D eigenvalue weighted by atomic mass is 32.1. The van der Waals surface area contributed by atoms with Gasteiger partial charge in [0.15, 0.2) is 11.6 Å². The lowest BCUT2D eigenvalue weighted by molar-refractivity contribution is 0.345. The summed E-state index contributed by atoms with van der Waals surface area (Å²) in [5, 5.41) is 3.28. The Balaban J connectivity index is 1.72. The molecule has 5 nitrogen and oxygen atoms in total. The Morgan fingerprint density at radius 3 is 2.92 bits per heavy atom. The molecular weight excluding hydrogens is 327 g/mol. The average Bonchev–Trinajstić information content (AvgIpc) is 3.16. The number of rotatable bonds is 3. The quantitative estimate of drug-likeness (QED) is 0.709. The predicted octanol–water partition coefficient (Wildman–Crippen LogP) is 3.81. The van der Waals surface area contributed by atoms with E-state index in [-0.39, 0.29) is 11.9 Å². The molecule has 0 amide bonds. The van der Waals surface area contributed by atoms with Gasteiger partial charge in [0.1, 0.15) is 11.9 Å². The first-order chi connectivity index (χ1) is 11.6. The Bertz CT molecular complexity index is 939. The highest BCUT2D eigenvalue weighted by Crippen LogP contribution is 2.38. The lowest BCUT2D eigenvalue weighted by atomic mass is 10.3. The molecule has 7 heteroatoms. The molecule has 0 fully saturated rings. The number of thiophene rings is 1. The van der Waals surface area contributed by atoms with Gasteiger partial charge in [-0.15, -0.1) is 11.3 Å². The van der Waals surface area contributed by atoms with E-state index in [1.54, 1.807) is 29.7 Å². The molecule has 122 valence electrons. The molecule has 0 radical (unpaired) electrons. The van der Waals surface area contributed by atoms with Gasteiger partial charge in [-0.05, 0) is 18.2 Å². The number of fused-ring (bicyclic) bond motifs is 1. The normalized spacial score (nSPS) is 16.6. The zero-order valence-corrected chi connectivity index (χ0v) is 13.7. The van der Waals surface area contributed by atoms with Crippen LogP contribution in [-0.2, 0) is 0 Å². The third-order valence-electron chi connectivity index (χ3n) is 3.81. The van der Waals surface area contributed by atoms with Gasteiger partial charge < -0.3 is 20.7 Å². The van der Waals surface area contributed by atoms with Crippen LogP contribution < -0.4 is 15.8 Å². The van der Waals surface area contributed by atoms with E-state index >= 15 is 0 Å². The smallest absolute Gasteiger partial charge is 0.167 e. The van der Waals surface area contributed by atoms with Crippen molar-refractivity contribution in [2.45, 2.75) is 6.17 Å². The molecule has 0 spiro atoms. The Morgan fingerprint density at radius 1 is 1.29 bits per heavy atom. The summed E-state index contributed by atoms with van der Waals surface area (Å²) in [6, 6.07) is 8.15. The SMILES string of the molecule is CN1C=CNC1c1cc2nccc(Oc3ccc(N)cc3F)c2s1. The van der Waals surface area contributed by atoms with Crippen LogP contribution >= 0.6 is 11.3 Å². The Kier molecular flexibility index (Phi) is 3.50. The number of nitrogens with zero attached hydrogens (tertiary/aromatic N) is 2. The molecule has 0 saturated heterocycles. The van der Waals surface area contributed by atoms with E-state index in [4.69, 9.17) is 10.5 Å². The van der Waals surface area contributed by atoms with E-state index in [1.807, 2.05) is 25.5 Å². The maximum absolute atomic E-state index is 14.0. The van der Waals surface area contributed by atoms with Gasteiger partial charge in [-0.1, -0.05) is 0 Å². The third-order valence-corrected chi connectivity index (χ3v) is 5.00. The van der Waals surface area contributed by atoms with E-state index in [9.17, 15) is 4.39 Å². The number of hydrogen-bond donors (Lipinski definition) is 2. The van der Waals surface area contributed by atoms with Crippen LogP contribution in [0.15, 0.2) is 48.9 Å². The lowest BCUT2D eigenvalue weighted by Gasteiger charge is -2.19. The number of hydrogen-bond acceptors (Lipinski definition) is 6. The third kappa shape index (κ3) is 2.52. The van der Waals surface area contributed by atoms with Crippen LogP contribution in [0.25, 0.3) is 10.2 Å². The maximum Gasteiger partial charge on any atom is 0.167 e. The first kappa shape index (κ1) is 14.8. The number of benzene rings is 1. The molecule has 24 heavy (non-hydrogen) atoms. The van der Waals surface area contributed by atoms with Gasteiger partial charge in [0.2, 0.25) is 0 Å². The van der Waals surface area contributed by atoms with Crippen molar-refractivity contribution in [1.82, 2.24) is 15.2 Å².